The number of carboxylic acid groups (broad SMARTS) is 1. The molecular formula is C23H22F3N3O4S. The van der Waals surface area contributed by atoms with Crippen LogP contribution in [0.5, 0.6) is 5.75 Å². The summed E-state index contributed by atoms with van der Waals surface area (Å²) in [6, 6.07) is 16.1. The van der Waals surface area contributed by atoms with Crippen molar-refractivity contribution in [3.8, 4) is 16.9 Å². The summed E-state index contributed by atoms with van der Waals surface area (Å²) in [7, 11) is 0. The topological polar surface area (TPSA) is 115 Å². The minimum Gasteiger partial charge on any atom is -0.492 e. The highest BCUT2D eigenvalue weighted by molar-refractivity contribution is 7.09. The van der Waals surface area contributed by atoms with Crippen LogP contribution in [-0.4, -0.2) is 41.3 Å². The summed E-state index contributed by atoms with van der Waals surface area (Å²) in [5.41, 5.74) is 9.18. The van der Waals surface area contributed by atoms with Crippen molar-refractivity contribution in [3.63, 3.8) is 0 Å². The van der Waals surface area contributed by atoms with Gasteiger partial charge in [0.05, 0.1) is 17.7 Å². The van der Waals surface area contributed by atoms with Gasteiger partial charge in [-0.15, -0.1) is 11.3 Å². The predicted molar refractivity (Wildman–Crippen MR) is 121 cm³/mol. The molecule has 2 heterocycles. The molecule has 1 aliphatic rings. The number of hydrogen-bond donors (Lipinski definition) is 3. The molecule has 34 heavy (non-hydrogen) atoms. The van der Waals surface area contributed by atoms with E-state index in [4.69, 9.17) is 20.4 Å². The lowest BCUT2D eigenvalue weighted by Crippen LogP contribution is -2.32. The van der Waals surface area contributed by atoms with Crippen LogP contribution in [0.15, 0.2) is 53.9 Å². The summed E-state index contributed by atoms with van der Waals surface area (Å²) in [5, 5.41) is 12.9. The van der Waals surface area contributed by atoms with Crippen LogP contribution >= 0.6 is 11.3 Å². The Balaban J connectivity index is 0.000000406. The fourth-order valence-electron chi connectivity index (χ4n) is 3.31. The zero-order valence-corrected chi connectivity index (χ0v) is 18.7. The number of alkyl halides is 3. The van der Waals surface area contributed by atoms with Gasteiger partial charge in [-0.3, -0.25) is 4.79 Å². The number of thiazole rings is 1. The Bertz CT molecular complexity index is 1140. The number of para-hydroxylation sites is 1. The molecule has 1 unspecified atom stereocenters. The maximum Gasteiger partial charge on any atom is 0.490 e. The van der Waals surface area contributed by atoms with Crippen molar-refractivity contribution < 1.29 is 32.6 Å². The molecule has 180 valence electrons. The van der Waals surface area contributed by atoms with Crippen molar-refractivity contribution in [2.75, 3.05) is 13.2 Å². The Morgan fingerprint density at radius 2 is 1.88 bits per heavy atom. The van der Waals surface area contributed by atoms with Crippen molar-refractivity contribution in [1.29, 1.82) is 0 Å². The first-order valence-corrected chi connectivity index (χ1v) is 11.1. The number of fused-ring (bicyclic) bond motifs is 1. The van der Waals surface area contributed by atoms with E-state index < -0.39 is 12.1 Å². The monoisotopic (exact) mass is 493 g/mol. The number of halogens is 3. The van der Waals surface area contributed by atoms with E-state index in [-0.39, 0.29) is 11.9 Å². The number of ether oxygens (including phenoxy) is 1. The largest absolute Gasteiger partial charge is 0.492 e. The van der Waals surface area contributed by atoms with Crippen LogP contribution in [0.4, 0.5) is 13.2 Å². The van der Waals surface area contributed by atoms with Gasteiger partial charge in [-0.2, -0.15) is 13.2 Å². The van der Waals surface area contributed by atoms with Gasteiger partial charge in [0.25, 0.3) is 5.91 Å². The number of aromatic nitrogens is 1. The van der Waals surface area contributed by atoms with E-state index in [0.29, 0.717) is 25.3 Å². The summed E-state index contributed by atoms with van der Waals surface area (Å²) in [6.07, 6.45) is -3.66. The van der Waals surface area contributed by atoms with E-state index in [0.717, 1.165) is 33.9 Å². The zero-order valence-electron chi connectivity index (χ0n) is 17.8. The fourth-order valence-corrected chi connectivity index (χ4v) is 4.10. The van der Waals surface area contributed by atoms with Crippen molar-refractivity contribution in [2.24, 2.45) is 5.73 Å². The number of nitrogens with one attached hydrogen (secondary N) is 1. The van der Waals surface area contributed by atoms with Gasteiger partial charge in [-0.25, -0.2) is 9.78 Å². The molecule has 11 heteroatoms. The van der Waals surface area contributed by atoms with Gasteiger partial charge in [0.15, 0.2) is 0 Å². The Hall–Kier alpha value is -3.44. The normalized spacial score (nSPS) is 14.8. The molecule has 0 spiro atoms. The van der Waals surface area contributed by atoms with Crippen LogP contribution in [0.25, 0.3) is 11.1 Å². The van der Waals surface area contributed by atoms with E-state index in [1.54, 1.807) is 5.38 Å². The molecule has 7 nitrogen and oxygen atoms in total. The Labute approximate surface area is 197 Å². The van der Waals surface area contributed by atoms with Crippen molar-refractivity contribution in [1.82, 2.24) is 10.3 Å². The highest BCUT2D eigenvalue weighted by Crippen LogP contribution is 2.40. The first kappa shape index (κ1) is 25.2. The minimum atomic E-state index is -5.08. The molecule has 1 aliphatic heterocycles. The zero-order chi connectivity index (χ0) is 24.7. The number of nitrogens with two attached hydrogens (primary N) is 1. The fraction of sp³-hybridized carbons (Fsp3) is 0.261. The van der Waals surface area contributed by atoms with Crippen molar-refractivity contribution in [3.05, 3.63) is 70.2 Å². The molecule has 0 bridgehead atoms. The number of amides is 1. The van der Waals surface area contributed by atoms with Crippen LogP contribution in [0.2, 0.25) is 0 Å². The Morgan fingerprint density at radius 1 is 1.18 bits per heavy atom. The molecule has 4 rings (SSSR count). The highest BCUT2D eigenvalue weighted by Gasteiger charge is 2.38. The first-order valence-electron chi connectivity index (χ1n) is 10.3. The Kier molecular flexibility index (Phi) is 8.24. The molecule has 1 amide bonds. The van der Waals surface area contributed by atoms with Gasteiger partial charge in [0, 0.05) is 29.3 Å². The van der Waals surface area contributed by atoms with Gasteiger partial charge in [0.2, 0.25) is 0 Å². The SMILES string of the molecule is NCCc1nc(C(=O)NC2CCOc3c(-c4ccccc4)cccc32)cs1.O=C(O)C(F)(F)F. The molecule has 3 aromatic rings. The molecule has 2 aromatic carbocycles. The summed E-state index contributed by atoms with van der Waals surface area (Å²) >= 11 is 1.47. The van der Waals surface area contributed by atoms with Crippen molar-refractivity contribution in [2.45, 2.75) is 25.1 Å². The quantitative estimate of drug-likeness (QED) is 0.491. The van der Waals surface area contributed by atoms with Gasteiger partial charge >= 0.3 is 12.1 Å². The number of benzene rings is 2. The summed E-state index contributed by atoms with van der Waals surface area (Å²) in [5.74, 6) is -2.06. The van der Waals surface area contributed by atoms with Gasteiger partial charge in [0.1, 0.15) is 11.4 Å². The van der Waals surface area contributed by atoms with Crippen LogP contribution in [0.1, 0.15) is 33.5 Å². The first-order chi connectivity index (χ1) is 16.2. The van der Waals surface area contributed by atoms with E-state index >= 15 is 0 Å². The van der Waals surface area contributed by atoms with Crippen molar-refractivity contribution >= 4 is 23.2 Å². The van der Waals surface area contributed by atoms with Gasteiger partial charge in [-0.1, -0.05) is 48.5 Å². The average Bonchev–Trinajstić information content (AvgIpc) is 3.28. The minimum absolute atomic E-state index is 0.0930. The van der Waals surface area contributed by atoms with Crippen LogP contribution < -0.4 is 15.8 Å². The smallest absolute Gasteiger partial charge is 0.490 e. The van der Waals surface area contributed by atoms with Crippen LogP contribution in [0, 0.1) is 0 Å². The lowest BCUT2D eigenvalue weighted by atomic mass is 9.94. The van der Waals surface area contributed by atoms with Gasteiger partial charge in [-0.05, 0) is 12.1 Å². The van der Waals surface area contributed by atoms with Crippen LogP contribution in [0.3, 0.4) is 0 Å². The number of carboxylic acids is 1. The lowest BCUT2D eigenvalue weighted by molar-refractivity contribution is -0.192. The number of aliphatic carboxylic acids is 1. The maximum atomic E-state index is 12.7. The number of rotatable bonds is 5. The second kappa shape index (κ2) is 11.1. The number of hydrogen-bond acceptors (Lipinski definition) is 6. The average molecular weight is 494 g/mol. The molecule has 0 saturated heterocycles. The van der Waals surface area contributed by atoms with E-state index in [1.165, 1.54) is 11.3 Å². The summed E-state index contributed by atoms with van der Waals surface area (Å²) in [4.78, 5) is 25.9. The lowest BCUT2D eigenvalue weighted by Gasteiger charge is -2.28. The number of carbonyl (C=O) groups excluding carboxylic acids is 1. The van der Waals surface area contributed by atoms with Gasteiger partial charge < -0.3 is 20.9 Å². The highest BCUT2D eigenvalue weighted by atomic mass is 32.1. The summed E-state index contributed by atoms with van der Waals surface area (Å²) in [6.45, 7) is 1.10. The predicted octanol–water partition coefficient (Wildman–Crippen LogP) is 4.20. The van der Waals surface area contributed by atoms with E-state index in [2.05, 4.69) is 28.5 Å². The standard InChI is InChI=1S/C21H21N3O2S.C2HF3O2/c22-11-9-19-23-18(13-27-19)21(25)24-17-10-12-26-20-15(7-4-8-16(17)20)14-5-2-1-3-6-14;3-2(4,5)1(6)7/h1-8,13,17H,9-12,22H2,(H,24,25);(H,6,7). The molecule has 0 aliphatic carbocycles. The molecule has 0 radical (unpaired) electrons. The molecular weight excluding hydrogens is 471 g/mol. The molecule has 4 N–H and O–H groups in total. The third-order valence-corrected chi connectivity index (χ3v) is 5.76. The maximum absolute atomic E-state index is 12.7. The summed E-state index contributed by atoms with van der Waals surface area (Å²) < 4.78 is 37.7. The Morgan fingerprint density at radius 3 is 2.53 bits per heavy atom. The molecule has 0 saturated carbocycles. The van der Waals surface area contributed by atoms with Crippen LogP contribution in [-0.2, 0) is 11.2 Å². The number of nitrogens with zero attached hydrogens (tertiary/aromatic N) is 1. The third-order valence-electron chi connectivity index (χ3n) is 4.85. The number of carbonyl (C=O) groups is 2. The third kappa shape index (κ3) is 6.33. The molecule has 1 atom stereocenters. The molecule has 0 fully saturated rings. The van der Waals surface area contributed by atoms with E-state index in [1.807, 2.05) is 30.3 Å². The second-order valence-electron chi connectivity index (χ2n) is 7.22. The second-order valence-corrected chi connectivity index (χ2v) is 8.16. The van der Waals surface area contributed by atoms with E-state index in [9.17, 15) is 18.0 Å². The molecule has 1 aromatic heterocycles.